The molecule has 0 aliphatic heterocycles. The molecule has 20 heavy (non-hydrogen) atoms. The Morgan fingerprint density at radius 3 is 2.90 bits per heavy atom. The fraction of sp³-hybridized carbons (Fsp3) is 0.267. The zero-order valence-electron chi connectivity index (χ0n) is 11.2. The maximum Gasteiger partial charge on any atom is 0.251 e. The van der Waals surface area contributed by atoms with Gasteiger partial charge in [-0.3, -0.25) is 4.79 Å². The molecule has 106 valence electrons. The van der Waals surface area contributed by atoms with E-state index in [0.29, 0.717) is 0 Å². The van der Waals surface area contributed by atoms with Crippen LogP contribution in [0.1, 0.15) is 29.5 Å². The van der Waals surface area contributed by atoms with Crippen molar-refractivity contribution < 1.29 is 13.6 Å². The Morgan fingerprint density at radius 1 is 1.45 bits per heavy atom. The van der Waals surface area contributed by atoms with E-state index in [2.05, 4.69) is 5.32 Å². The molecule has 0 bridgehead atoms. The molecule has 0 saturated heterocycles. The molecule has 0 aliphatic rings. The molecule has 5 heteroatoms. The van der Waals surface area contributed by atoms with Crippen molar-refractivity contribution in [3.8, 4) is 0 Å². The van der Waals surface area contributed by atoms with Crippen LogP contribution in [0.4, 0.5) is 10.1 Å². The lowest BCUT2D eigenvalue weighted by Crippen LogP contribution is -2.33. The number of nitrogens with one attached hydrogen (secondary N) is 1. The van der Waals surface area contributed by atoms with E-state index in [-0.39, 0.29) is 23.2 Å². The smallest absolute Gasteiger partial charge is 0.251 e. The van der Waals surface area contributed by atoms with Crippen molar-refractivity contribution in [3.05, 3.63) is 53.7 Å². The predicted molar refractivity (Wildman–Crippen MR) is 74.8 cm³/mol. The van der Waals surface area contributed by atoms with Gasteiger partial charge in [0.1, 0.15) is 11.6 Å². The minimum absolute atomic E-state index is 0.0444. The zero-order chi connectivity index (χ0) is 14.5. The number of nitrogens with two attached hydrogens (primary N) is 1. The molecule has 0 saturated carbocycles. The number of anilines is 1. The van der Waals surface area contributed by atoms with E-state index in [1.54, 1.807) is 6.26 Å². The average Bonchev–Trinajstić information content (AvgIpc) is 2.88. The predicted octanol–water partition coefficient (Wildman–Crippen LogP) is 2.75. The van der Waals surface area contributed by atoms with E-state index in [4.69, 9.17) is 10.2 Å². The molecule has 1 aromatic carbocycles. The molecule has 3 N–H and O–H groups in total. The summed E-state index contributed by atoms with van der Waals surface area (Å²) >= 11 is 0. The Hall–Kier alpha value is -2.30. The Kier molecular flexibility index (Phi) is 4.40. The minimum Gasteiger partial charge on any atom is -0.469 e. The number of carbonyl (C=O) groups is 1. The van der Waals surface area contributed by atoms with Gasteiger partial charge in [0, 0.05) is 23.7 Å². The van der Waals surface area contributed by atoms with Gasteiger partial charge in [-0.15, -0.1) is 0 Å². The summed E-state index contributed by atoms with van der Waals surface area (Å²) < 4.78 is 18.4. The second kappa shape index (κ2) is 6.23. The van der Waals surface area contributed by atoms with E-state index in [1.807, 2.05) is 19.1 Å². The quantitative estimate of drug-likeness (QED) is 0.825. The van der Waals surface area contributed by atoms with Crippen LogP contribution in [0.25, 0.3) is 0 Å². The SMILES string of the molecule is CC(CCc1ccco1)NC(=O)c1cc(N)cc(F)c1. The number of amides is 1. The Balaban J connectivity index is 1.90. The fourth-order valence-electron chi connectivity index (χ4n) is 1.94. The molecule has 1 amide bonds. The van der Waals surface area contributed by atoms with Crippen LogP contribution < -0.4 is 11.1 Å². The van der Waals surface area contributed by atoms with Gasteiger partial charge in [-0.1, -0.05) is 0 Å². The summed E-state index contributed by atoms with van der Waals surface area (Å²) in [5.74, 6) is 0.0302. The Labute approximate surface area is 116 Å². The largest absolute Gasteiger partial charge is 0.469 e. The van der Waals surface area contributed by atoms with Crippen molar-refractivity contribution >= 4 is 11.6 Å². The number of benzene rings is 1. The van der Waals surface area contributed by atoms with Gasteiger partial charge in [0.05, 0.1) is 6.26 Å². The lowest BCUT2D eigenvalue weighted by Gasteiger charge is -2.13. The first-order valence-corrected chi connectivity index (χ1v) is 6.44. The molecule has 2 aromatic rings. The monoisotopic (exact) mass is 276 g/mol. The van der Waals surface area contributed by atoms with Gasteiger partial charge in [-0.25, -0.2) is 4.39 Å². The van der Waals surface area contributed by atoms with Gasteiger partial charge in [0.15, 0.2) is 0 Å². The van der Waals surface area contributed by atoms with E-state index in [0.717, 1.165) is 18.6 Å². The lowest BCUT2D eigenvalue weighted by atomic mass is 10.1. The summed E-state index contributed by atoms with van der Waals surface area (Å²) in [6.07, 6.45) is 3.10. The van der Waals surface area contributed by atoms with Crippen molar-refractivity contribution in [2.75, 3.05) is 5.73 Å². The normalized spacial score (nSPS) is 12.1. The highest BCUT2D eigenvalue weighted by atomic mass is 19.1. The van der Waals surface area contributed by atoms with Crippen molar-refractivity contribution in [2.24, 2.45) is 0 Å². The molecule has 0 spiro atoms. The number of nitrogen functional groups attached to an aromatic ring is 1. The Morgan fingerprint density at radius 2 is 2.25 bits per heavy atom. The van der Waals surface area contributed by atoms with Crippen molar-refractivity contribution in [1.29, 1.82) is 0 Å². The number of furan rings is 1. The third kappa shape index (κ3) is 3.85. The molecule has 1 atom stereocenters. The molecule has 0 aliphatic carbocycles. The highest BCUT2D eigenvalue weighted by Crippen LogP contribution is 2.11. The van der Waals surface area contributed by atoms with Gasteiger partial charge in [0.25, 0.3) is 5.91 Å². The van der Waals surface area contributed by atoms with Crippen LogP contribution in [-0.4, -0.2) is 11.9 Å². The molecule has 2 rings (SSSR count). The fourth-order valence-corrected chi connectivity index (χ4v) is 1.94. The van der Waals surface area contributed by atoms with Crippen LogP contribution in [0.15, 0.2) is 41.0 Å². The first-order valence-electron chi connectivity index (χ1n) is 6.44. The first-order chi connectivity index (χ1) is 9.54. The first kappa shape index (κ1) is 14.1. The van der Waals surface area contributed by atoms with Gasteiger partial charge < -0.3 is 15.5 Å². The number of carbonyl (C=O) groups excluding carboxylic acids is 1. The van der Waals surface area contributed by atoms with Crippen molar-refractivity contribution in [1.82, 2.24) is 5.32 Å². The third-order valence-corrected chi connectivity index (χ3v) is 2.96. The van der Waals surface area contributed by atoms with Crippen LogP contribution >= 0.6 is 0 Å². The van der Waals surface area contributed by atoms with Crippen LogP contribution in [0.5, 0.6) is 0 Å². The van der Waals surface area contributed by atoms with Crippen molar-refractivity contribution in [3.63, 3.8) is 0 Å². The molecular weight excluding hydrogens is 259 g/mol. The van der Waals surface area contributed by atoms with E-state index in [9.17, 15) is 9.18 Å². The van der Waals surface area contributed by atoms with Crippen LogP contribution in [0.3, 0.4) is 0 Å². The molecule has 1 heterocycles. The van der Waals surface area contributed by atoms with Gasteiger partial charge >= 0.3 is 0 Å². The van der Waals surface area contributed by atoms with E-state index < -0.39 is 5.82 Å². The minimum atomic E-state index is -0.515. The maximum atomic E-state index is 13.2. The van der Waals surface area contributed by atoms with Crippen LogP contribution in [0, 0.1) is 5.82 Å². The summed E-state index contributed by atoms with van der Waals surface area (Å²) in [6, 6.07) is 7.48. The zero-order valence-corrected chi connectivity index (χ0v) is 11.2. The topological polar surface area (TPSA) is 68.3 Å². The van der Waals surface area contributed by atoms with Crippen LogP contribution in [-0.2, 0) is 6.42 Å². The number of hydrogen-bond donors (Lipinski definition) is 2. The van der Waals surface area contributed by atoms with Crippen LogP contribution in [0.2, 0.25) is 0 Å². The number of aryl methyl sites for hydroxylation is 1. The standard InChI is InChI=1S/C15H17FN2O2/c1-10(4-5-14-3-2-6-20-14)18-15(19)11-7-12(16)9-13(17)8-11/h2-3,6-10H,4-5,17H2,1H3,(H,18,19). The highest BCUT2D eigenvalue weighted by molar-refractivity contribution is 5.95. The molecule has 4 nitrogen and oxygen atoms in total. The van der Waals surface area contributed by atoms with Gasteiger partial charge in [0.2, 0.25) is 0 Å². The second-order valence-electron chi connectivity index (χ2n) is 4.77. The molecule has 1 aromatic heterocycles. The van der Waals surface area contributed by atoms with E-state index in [1.165, 1.54) is 18.2 Å². The molecule has 0 radical (unpaired) electrons. The van der Waals surface area contributed by atoms with Gasteiger partial charge in [-0.2, -0.15) is 0 Å². The lowest BCUT2D eigenvalue weighted by molar-refractivity contribution is 0.0937. The number of halogens is 1. The van der Waals surface area contributed by atoms with Crippen molar-refractivity contribution in [2.45, 2.75) is 25.8 Å². The third-order valence-electron chi connectivity index (χ3n) is 2.96. The second-order valence-corrected chi connectivity index (χ2v) is 4.77. The summed E-state index contributed by atoms with van der Waals surface area (Å²) in [7, 11) is 0. The maximum absolute atomic E-state index is 13.2. The summed E-state index contributed by atoms with van der Waals surface area (Å²) in [5, 5.41) is 2.81. The number of hydrogen-bond acceptors (Lipinski definition) is 3. The summed E-state index contributed by atoms with van der Waals surface area (Å²) in [6.45, 7) is 1.89. The Bertz CT molecular complexity index is 561. The number of rotatable bonds is 5. The molecular formula is C15H17FN2O2. The summed E-state index contributed by atoms with van der Waals surface area (Å²) in [5.41, 5.74) is 5.98. The average molecular weight is 276 g/mol. The van der Waals surface area contributed by atoms with E-state index >= 15 is 0 Å². The highest BCUT2D eigenvalue weighted by Gasteiger charge is 2.12. The van der Waals surface area contributed by atoms with Gasteiger partial charge in [-0.05, 0) is 43.7 Å². The molecule has 0 fully saturated rings. The molecule has 1 unspecified atom stereocenters. The summed E-state index contributed by atoms with van der Waals surface area (Å²) in [4.78, 5) is 12.0.